The summed E-state index contributed by atoms with van der Waals surface area (Å²) in [6.07, 6.45) is 5.86. The van der Waals surface area contributed by atoms with Crippen LogP contribution in [0.5, 0.6) is 0 Å². The van der Waals surface area contributed by atoms with Crippen molar-refractivity contribution in [3.63, 3.8) is 0 Å². The van der Waals surface area contributed by atoms with Gasteiger partial charge in [-0.25, -0.2) is 0 Å². The predicted octanol–water partition coefficient (Wildman–Crippen LogP) is 3.65. The van der Waals surface area contributed by atoms with Crippen LogP contribution in [0.3, 0.4) is 0 Å². The maximum Gasteiger partial charge on any atom is 0.224 e. The van der Waals surface area contributed by atoms with Crippen molar-refractivity contribution >= 4 is 17.4 Å². The number of Topliss-reactive ketones (excluding diaryl/α,β-unsaturated/α-hetero) is 1. The van der Waals surface area contributed by atoms with E-state index >= 15 is 0 Å². The number of ketones is 1. The van der Waals surface area contributed by atoms with Crippen molar-refractivity contribution in [1.82, 2.24) is 0 Å². The normalized spacial score (nSPS) is 27.6. The largest absolute Gasteiger partial charge is 0.326 e. The summed E-state index contributed by atoms with van der Waals surface area (Å²) in [5, 5.41) is 2.93. The smallest absolute Gasteiger partial charge is 0.224 e. The van der Waals surface area contributed by atoms with E-state index in [2.05, 4.69) is 5.32 Å². The molecule has 0 spiro atoms. The molecule has 106 valence electrons. The van der Waals surface area contributed by atoms with Gasteiger partial charge in [-0.05, 0) is 56.1 Å². The Balaban J connectivity index is 1.59. The second-order valence-electron chi connectivity index (χ2n) is 6.32. The SMILES string of the molecule is CC(=O)c1cccc(NC(=O)C[C@@H]2C[C@H]3CC[C@H]2C3)c1. The molecule has 2 bridgehead atoms. The van der Waals surface area contributed by atoms with Crippen LogP contribution in [-0.4, -0.2) is 11.7 Å². The van der Waals surface area contributed by atoms with Gasteiger partial charge in [0, 0.05) is 17.7 Å². The van der Waals surface area contributed by atoms with Crippen molar-refractivity contribution in [3.05, 3.63) is 29.8 Å². The van der Waals surface area contributed by atoms with E-state index in [1.165, 1.54) is 32.6 Å². The Morgan fingerprint density at radius 1 is 1.25 bits per heavy atom. The summed E-state index contributed by atoms with van der Waals surface area (Å²) < 4.78 is 0. The molecule has 0 saturated heterocycles. The molecule has 1 N–H and O–H groups in total. The highest BCUT2D eigenvalue weighted by Gasteiger charge is 2.40. The van der Waals surface area contributed by atoms with Crippen molar-refractivity contribution < 1.29 is 9.59 Å². The molecule has 0 heterocycles. The summed E-state index contributed by atoms with van der Waals surface area (Å²) >= 11 is 0. The van der Waals surface area contributed by atoms with Gasteiger partial charge < -0.3 is 5.32 Å². The molecule has 3 nitrogen and oxygen atoms in total. The topological polar surface area (TPSA) is 46.2 Å². The average molecular weight is 271 g/mol. The minimum Gasteiger partial charge on any atom is -0.326 e. The van der Waals surface area contributed by atoms with E-state index in [0.29, 0.717) is 17.9 Å². The fourth-order valence-corrected chi connectivity index (χ4v) is 3.89. The molecule has 2 aliphatic carbocycles. The first kappa shape index (κ1) is 13.3. The molecule has 1 aromatic rings. The van der Waals surface area contributed by atoms with Gasteiger partial charge in [-0.1, -0.05) is 18.6 Å². The van der Waals surface area contributed by atoms with Crippen LogP contribution in [0.1, 0.15) is 49.4 Å². The molecular weight excluding hydrogens is 250 g/mol. The number of benzene rings is 1. The minimum atomic E-state index is 0.0224. The van der Waals surface area contributed by atoms with Gasteiger partial charge >= 0.3 is 0 Å². The van der Waals surface area contributed by atoms with E-state index < -0.39 is 0 Å². The highest BCUT2D eigenvalue weighted by molar-refractivity contribution is 5.97. The monoisotopic (exact) mass is 271 g/mol. The van der Waals surface area contributed by atoms with Crippen LogP contribution in [0.4, 0.5) is 5.69 Å². The third-order valence-corrected chi connectivity index (χ3v) is 4.88. The van der Waals surface area contributed by atoms with E-state index in [1.807, 2.05) is 12.1 Å². The van der Waals surface area contributed by atoms with E-state index in [-0.39, 0.29) is 11.7 Å². The molecule has 0 aromatic heterocycles. The fraction of sp³-hybridized carbons (Fsp3) is 0.529. The molecule has 1 amide bonds. The first-order valence-corrected chi connectivity index (χ1v) is 7.52. The molecule has 0 aliphatic heterocycles. The second kappa shape index (κ2) is 5.39. The Hall–Kier alpha value is -1.64. The molecule has 3 atom stereocenters. The molecule has 20 heavy (non-hydrogen) atoms. The molecule has 3 rings (SSSR count). The van der Waals surface area contributed by atoms with Gasteiger partial charge in [0.15, 0.2) is 5.78 Å². The van der Waals surface area contributed by atoms with Gasteiger partial charge in [-0.2, -0.15) is 0 Å². The van der Waals surface area contributed by atoms with Gasteiger partial charge in [0.2, 0.25) is 5.91 Å². The van der Waals surface area contributed by atoms with Crippen LogP contribution in [0.2, 0.25) is 0 Å². The third kappa shape index (κ3) is 2.77. The maximum absolute atomic E-state index is 12.1. The van der Waals surface area contributed by atoms with Gasteiger partial charge in [0.25, 0.3) is 0 Å². The van der Waals surface area contributed by atoms with Gasteiger partial charge in [-0.15, -0.1) is 0 Å². The average Bonchev–Trinajstić information content (AvgIpc) is 3.01. The Bertz CT molecular complexity index is 538. The number of anilines is 1. The number of nitrogens with one attached hydrogen (secondary N) is 1. The van der Waals surface area contributed by atoms with Crippen molar-refractivity contribution in [2.45, 2.75) is 39.0 Å². The van der Waals surface area contributed by atoms with Gasteiger partial charge in [0.05, 0.1) is 0 Å². The Morgan fingerprint density at radius 3 is 2.75 bits per heavy atom. The third-order valence-electron chi connectivity index (χ3n) is 4.88. The van der Waals surface area contributed by atoms with E-state index in [4.69, 9.17) is 0 Å². The first-order chi connectivity index (χ1) is 9.61. The van der Waals surface area contributed by atoms with Crippen LogP contribution in [-0.2, 0) is 4.79 Å². The zero-order valence-electron chi connectivity index (χ0n) is 11.9. The van der Waals surface area contributed by atoms with E-state index in [0.717, 1.165) is 17.5 Å². The fourth-order valence-electron chi connectivity index (χ4n) is 3.89. The van der Waals surface area contributed by atoms with Crippen LogP contribution in [0, 0.1) is 17.8 Å². The number of carbonyl (C=O) groups excluding carboxylic acids is 2. The van der Waals surface area contributed by atoms with E-state index in [1.54, 1.807) is 12.1 Å². The summed E-state index contributed by atoms with van der Waals surface area (Å²) in [6, 6.07) is 7.17. The predicted molar refractivity (Wildman–Crippen MR) is 78.6 cm³/mol. The molecule has 2 aliphatic rings. The van der Waals surface area contributed by atoms with Crippen LogP contribution >= 0.6 is 0 Å². The number of carbonyl (C=O) groups is 2. The zero-order chi connectivity index (χ0) is 14.1. The standard InChI is InChI=1S/C17H21NO2/c1-11(19)13-3-2-4-16(9-13)18-17(20)10-15-8-12-5-6-14(15)7-12/h2-4,9,12,14-15H,5-8,10H2,1H3,(H,18,20)/t12-,14-,15-/m0/s1. The highest BCUT2D eigenvalue weighted by atomic mass is 16.1. The zero-order valence-corrected chi connectivity index (χ0v) is 11.9. The van der Waals surface area contributed by atoms with Gasteiger partial charge in [0.1, 0.15) is 0 Å². The summed E-state index contributed by atoms with van der Waals surface area (Å²) in [5.41, 5.74) is 1.37. The summed E-state index contributed by atoms with van der Waals surface area (Å²) in [5.74, 6) is 2.33. The van der Waals surface area contributed by atoms with E-state index in [9.17, 15) is 9.59 Å². The number of hydrogen-bond donors (Lipinski definition) is 1. The minimum absolute atomic E-state index is 0.0224. The lowest BCUT2D eigenvalue weighted by Gasteiger charge is -2.20. The van der Waals surface area contributed by atoms with Crippen LogP contribution < -0.4 is 5.32 Å². The Kier molecular flexibility index (Phi) is 3.60. The van der Waals surface area contributed by atoms with Crippen LogP contribution in [0.15, 0.2) is 24.3 Å². The molecule has 2 fully saturated rings. The van der Waals surface area contributed by atoms with Crippen LogP contribution in [0.25, 0.3) is 0 Å². The lowest BCUT2D eigenvalue weighted by molar-refractivity contribution is -0.117. The molecule has 1 aromatic carbocycles. The summed E-state index contributed by atoms with van der Waals surface area (Å²) in [4.78, 5) is 23.5. The Morgan fingerprint density at radius 2 is 2.10 bits per heavy atom. The quantitative estimate of drug-likeness (QED) is 0.850. The Labute approximate surface area is 119 Å². The number of hydrogen-bond acceptors (Lipinski definition) is 2. The lowest BCUT2D eigenvalue weighted by Crippen LogP contribution is -2.20. The first-order valence-electron chi connectivity index (χ1n) is 7.52. The van der Waals surface area contributed by atoms with Gasteiger partial charge in [-0.3, -0.25) is 9.59 Å². The number of fused-ring (bicyclic) bond motifs is 2. The summed E-state index contributed by atoms with van der Waals surface area (Å²) in [7, 11) is 0. The van der Waals surface area contributed by atoms with Crippen molar-refractivity contribution in [3.8, 4) is 0 Å². The summed E-state index contributed by atoms with van der Waals surface area (Å²) in [6.45, 7) is 1.54. The lowest BCUT2D eigenvalue weighted by atomic mass is 9.86. The number of rotatable bonds is 4. The molecule has 0 unspecified atom stereocenters. The number of amides is 1. The molecule has 0 radical (unpaired) electrons. The van der Waals surface area contributed by atoms with Crippen molar-refractivity contribution in [2.24, 2.45) is 17.8 Å². The molecule has 2 saturated carbocycles. The maximum atomic E-state index is 12.1. The second-order valence-corrected chi connectivity index (χ2v) is 6.32. The van der Waals surface area contributed by atoms with Crippen molar-refractivity contribution in [1.29, 1.82) is 0 Å². The molecule has 3 heteroatoms. The highest BCUT2D eigenvalue weighted by Crippen LogP contribution is 2.49. The van der Waals surface area contributed by atoms with Crippen molar-refractivity contribution in [2.75, 3.05) is 5.32 Å². The molecular formula is C17H21NO2.